The minimum absolute atomic E-state index is 0.339. The van der Waals surface area contributed by atoms with Gasteiger partial charge in [0.2, 0.25) is 5.88 Å². The van der Waals surface area contributed by atoms with E-state index in [1.54, 1.807) is 0 Å². The zero-order chi connectivity index (χ0) is 10.1. The van der Waals surface area contributed by atoms with Gasteiger partial charge in [0, 0.05) is 6.20 Å². The van der Waals surface area contributed by atoms with Crippen molar-refractivity contribution in [3.05, 3.63) is 23.6 Å². The van der Waals surface area contributed by atoms with E-state index < -0.39 is 23.4 Å². The van der Waals surface area contributed by atoms with Crippen molar-refractivity contribution >= 4 is 0 Å². The standard InChI is InChI=1S/C7H5F4NO/c1-13-6-5(8)2-4(3-12-6)7(9,10)11/h2-3H,1H3. The number of halogens is 4. The summed E-state index contributed by atoms with van der Waals surface area (Å²) in [7, 11) is 1.12. The summed E-state index contributed by atoms with van der Waals surface area (Å²) in [5.41, 5.74) is -1.13. The summed E-state index contributed by atoms with van der Waals surface area (Å²) in [6.07, 6.45) is -4.07. The minimum atomic E-state index is -4.58. The highest BCUT2D eigenvalue weighted by Crippen LogP contribution is 2.30. The van der Waals surface area contributed by atoms with Crippen LogP contribution >= 0.6 is 0 Å². The summed E-state index contributed by atoms with van der Waals surface area (Å²) in [5.74, 6) is -1.58. The number of hydrogen-bond donors (Lipinski definition) is 0. The van der Waals surface area contributed by atoms with Crippen LogP contribution in [0.4, 0.5) is 17.6 Å². The zero-order valence-electron chi connectivity index (χ0n) is 6.52. The van der Waals surface area contributed by atoms with Gasteiger partial charge < -0.3 is 4.74 Å². The van der Waals surface area contributed by atoms with Crippen LogP contribution in [0, 0.1) is 5.82 Å². The Morgan fingerprint density at radius 2 is 2.00 bits per heavy atom. The third-order valence-electron chi connectivity index (χ3n) is 1.33. The number of nitrogens with zero attached hydrogens (tertiary/aromatic N) is 1. The van der Waals surface area contributed by atoms with Gasteiger partial charge in [-0.1, -0.05) is 0 Å². The lowest BCUT2D eigenvalue weighted by Crippen LogP contribution is -2.06. The molecule has 1 aromatic heterocycles. The molecule has 13 heavy (non-hydrogen) atoms. The van der Waals surface area contributed by atoms with Gasteiger partial charge in [0.25, 0.3) is 0 Å². The molecular formula is C7H5F4NO. The molecule has 0 aliphatic rings. The van der Waals surface area contributed by atoms with E-state index in [0.29, 0.717) is 12.3 Å². The molecule has 0 fully saturated rings. The van der Waals surface area contributed by atoms with Crippen LogP contribution < -0.4 is 4.74 Å². The van der Waals surface area contributed by atoms with Gasteiger partial charge in [0.05, 0.1) is 12.7 Å². The van der Waals surface area contributed by atoms with Gasteiger partial charge in [-0.15, -0.1) is 0 Å². The van der Waals surface area contributed by atoms with Crippen molar-refractivity contribution in [1.82, 2.24) is 4.98 Å². The SMILES string of the molecule is COc1ncc(C(F)(F)F)cc1F. The average Bonchev–Trinajstić information content (AvgIpc) is 2.02. The Morgan fingerprint density at radius 1 is 1.38 bits per heavy atom. The first-order chi connectivity index (χ1) is 5.95. The second-order valence-electron chi connectivity index (χ2n) is 2.21. The Bertz CT molecular complexity index is 310. The molecular weight excluding hydrogens is 190 g/mol. The lowest BCUT2D eigenvalue weighted by molar-refractivity contribution is -0.138. The molecule has 0 bridgehead atoms. The molecule has 6 heteroatoms. The average molecular weight is 195 g/mol. The van der Waals surface area contributed by atoms with Crippen LogP contribution in [0.2, 0.25) is 0 Å². The van der Waals surface area contributed by atoms with Crippen molar-refractivity contribution in [2.24, 2.45) is 0 Å². The van der Waals surface area contributed by atoms with E-state index in [1.807, 2.05) is 0 Å². The number of alkyl halides is 3. The van der Waals surface area contributed by atoms with Crippen LogP contribution in [0.5, 0.6) is 5.88 Å². The number of methoxy groups -OCH3 is 1. The topological polar surface area (TPSA) is 22.1 Å². The van der Waals surface area contributed by atoms with E-state index in [0.717, 1.165) is 7.11 Å². The molecule has 0 unspecified atom stereocenters. The van der Waals surface area contributed by atoms with Gasteiger partial charge in [-0.2, -0.15) is 13.2 Å². The minimum Gasteiger partial charge on any atom is -0.479 e. The van der Waals surface area contributed by atoms with Crippen LogP contribution in [0.3, 0.4) is 0 Å². The van der Waals surface area contributed by atoms with Gasteiger partial charge in [0.1, 0.15) is 0 Å². The first kappa shape index (κ1) is 9.76. The maximum Gasteiger partial charge on any atom is 0.417 e. The molecule has 1 aromatic rings. The van der Waals surface area contributed by atoms with Crippen molar-refractivity contribution in [1.29, 1.82) is 0 Å². The maximum absolute atomic E-state index is 12.7. The van der Waals surface area contributed by atoms with Crippen LogP contribution in [-0.4, -0.2) is 12.1 Å². The van der Waals surface area contributed by atoms with Gasteiger partial charge in [-0.3, -0.25) is 0 Å². The number of pyridine rings is 1. The van der Waals surface area contributed by atoms with E-state index in [2.05, 4.69) is 9.72 Å². The first-order valence-corrected chi connectivity index (χ1v) is 3.22. The second-order valence-corrected chi connectivity index (χ2v) is 2.21. The number of ether oxygens (including phenoxy) is 1. The van der Waals surface area contributed by atoms with E-state index in [4.69, 9.17) is 0 Å². The van der Waals surface area contributed by atoms with Gasteiger partial charge >= 0.3 is 6.18 Å². The molecule has 0 aliphatic heterocycles. The molecule has 0 saturated carbocycles. The molecule has 72 valence electrons. The lowest BCUT2D eigenvalue weighted by Gasteiger charge is -2.06. The van der Waals surface area contributed by atoms with Gasteiger partial charge in [-0.25, -0.2) is 9.37 Å². The van der Waals surface area contributed by atoms with Crippen molar-refractivity contribution in [3.8, 4) is 5.88 Å². The predicted molar refractivity (Wildman–Crippen MR) is 35.7 cm³/mol. The Kier molecular flexibility index (Phi) is 2.40. The number of aromatic nitrogens is 1. The molecule has 0 aromatic carbocycles. The zero-order valence-corrected chi connectivity index (χ0v) is 6.52. The van der Waals surface area contributed by atoms with Crippen molar-refractivity contribution < 1.29 is 22.3 Å². The summed E-state index contributed by atoms with van der Waals surface area (Å²) < 4.78 is 52.9. The lowest BCUT2D eigenvalue weighted by atomic mass is 10.3. The highest BCUT2D eigenvalue weighted by Gasteiger charge is 2.31. The van der Waals surface area contributed by atoms with Crippen LogP contribution in [-0.2, 0) is 6.18 Å². The fourth-order valence-corrected chi connectivity index (χ4v) is 0.731. The van der Waals surface area contributed by atoms with Gasteiger partial charge in [0.15, 0.2) is 5.82 Å². The number of rotatable bonds is 1. The Hall–Kier alpha value is -1.33. The second kappa shape index (κ2) is 3.20. The normalized spacial score (nSPS) is 11.5. The largest absolute Gasteiger partial charge is 0.479 e. The van der Waals surface area contributed by atoms with E-state index in [1.165, 1.54) is 0 Å². The highest BCUT2D eigenvalue weighted by atomic mass is 19.4. The molecule has 0 saturated heterocycles. The summed E-state index contributed by atoms with van der Waals surface area (Å²) in [6, 6.07) is 0.339. The van der Waals surface area contributed by atoms with E-state index >= 15 is 0 Å². The fraction of sp³-hybridized carbons (Fsp3) is 0.286. The maximum atomic E-state index is 12.7. The predicted octanol–water partition coefficient (Wildman–Crippen LogP) is 2.25. The van der Waals surface area contributed by atoms with Crippen molar-refractivity contribution in [3.63, 3.8) is 0 Å². The summed E-state index contributed by atoms with van der Waals surface area (Å²) in [4.78, 5) is 3.15. The third-order valence-corrected chi connectivity index (χ3v) is 1.33. The summed E-state index contributed by atoms with van der Waals surface area (Å²) in [5, 5.41) is 0. The van der Waals surface area contributed by atoms with Crippen molar-refractivity contribution in [2.75, 3.05) is 7.11 Å². The van der Waals surface area contributed by atoms with Gasteiger partial charge in [-0.05, 0) is 6.07 Å². The Labute approximate surface area is 71.2 Å². The smallest absolute Gasteiger partial charge is 0.417 e. The number of hydrogen-bond acceptors (Lipinski definition) is 2. The third kappa shape index (κ3) is 2.07. The quantitative estimate of drug-likeness (QED) is 0.641. The van der Waals surface area contributed by atoms with Crippen molar-refractivity contribution in [2.45, 2.75) is 6.18 Å². The Balaban J connectivity index is 3.10. The fourth-order valence-electron chi connectivity index (χ4n) is 0.731. The molecule has 0 aliphatic carbocycles. The van der Waals surface area contributed by atoms with Crippen LogP contribution in [0.1, 0.15) is 5.56 Å². The molecule has 2 nitrogen and oxygen atoms in total. The summed E-state index contributed by atoms with van der Waals surface area (Å²) in [6.45, 7) is 0. The van der Waals surface area contributed by atoms with Crippen LogP contribution in [0.15, 0.2) is 12.3 Å². The van der Waals surface area contributed by atoms with Crippen LogP contribution in [0.25, 0.3) is 0 Å². The molecule has 0 radical (unpaired) electrons. The monoisotopic (exact) mass is 195 g/mol. The molecule has 1 rings (SSSR count). The molecule has 1 heterocycles. The molecule has 0 amide bonds. The molecule has 0 N–H and O–H groups in total. The highest BCUT2D eigenvalue weighted by molar-refractivity contribution is 5.22. The Morgan fingerprint density at radius 3 is 2.38 bits per heavy atom. The molecule has 0 spiro atoms. The van der Waals surface area contributed by atoms with E-state index in [-0.39, 0.29) is 0 Å². The summed E-state index contributed by atoms with van der Waals surface area (Å²) >= 11 is 0. The molecule has 0 atom stereocenters. The first-order valence-electron chi connectivity index (χ1n) is 3.22. The van der Waals surface area contributed by atoms with E-state index in [9.17, 15) is 17.6 Å².